The second-order valence-electron chi connectivity index (χ2n) is 6.44. The average molecular weight is 315 g/mol. The van der Waals surface area contributed by atoms with Crippen molar-refractivity contribution >= 4 is 23.5 Å². The third-order valence-electron chi connectivity index (χ3n) is 5.06. The smallest absolute Gasteiger partial charge is 0.228 e. The number of carboxylic acids is 2. The minimum absolute atomic E-state index is 0.0474. The summed E-state index contributed by atoms with van der Waals surface area (Å²) in [4.78, 5) is 34.4. The summed E-state index contributed by atoms with van der Waals surface area (Å²) in [5, 5.41) is 24.6. The molecule has 0 spiro atoms. The fourth-order valence-corrected chi connectivity index (χ4v) is 4.11. The predicted octanol–water partition coefficient (Wildman–Crippen LogP) is -0.670. The number of hydrogen-bond donors (Lipinski definition) is 1. The molecule has 2 aliphatic carbocycles. The van der Waals surface area contributed by atoms with E-state index in [1.54, 1.807) is 24.3 Å². The summed E-state index contributed by atoms with van der Waals surface area (Å²) in [6.07, 6.45) is 2.33. The highest BCUT2D eigenvalue weighted by atomic mass is 16.4. The first kappa shape index (κ1) is 15.5. The highest BCUT2D eigenvalue weighted by molar-refractivity contribution is 5.95. The van der Waals surface area contributed by atoms with Crippen LogP contribution in [-0.4, -0.2) is 17.8 Å². The number of carbonyl (C=O) groups is 3. The molecular weight excluding hydrogens is 298 g/mol. The van der Waals surface area contributed by atoms with Crippen LogP contribution in [0.1, 0.15) is 24.8 Å². The molecule has 4 atom stereocenters. The number of nitrogens with one attached hydrogen (secondary N) is 1. The molecule has 0 radical (unpaired) electrons. The van der Waals surface area contributed by atoms with Crippen molar-refractivity contribution in [2.75, 3.05) is 5.32 Å². The molecule has 0 aromatic heterocycles. The molecule has 3 rings (SSSR count). The van der Waals surface area contributed by atoms with E-state index >= 15 is 0 Å². The highest BCUT2D eigenvalue weighted by Gasteiger charge is 2.51. The first-order chi connectivity index (χ1) is 11.0. The summed E-state index contributed by atoms with van der Waals surface area (Å²) in [5.41, 5.74) is 1.10. The van der Waals surface area contributed by atoms with E-state index in [2.05, 4.69) is 5.32 Å². The third-order valence-corrected chi connectivity index (χ3v) is 5.06. The van der Waals surface area contributed by atoms with Gasteiger partial charge >= 0.3 is 0 Å². The molecule has 0 aliphatic heterocycles. The predicted molar refractivity (Wildman–Crippen MR) is 76.6 cm³/mol. The van der Waals surface area contributed by atoms with E-state index in [1.807, 2.05) is 0 Å². The van der Waals surface area contributed by atoms with E-state index in [0.717, 1.165) is 19.3 Å². The van der Waals surface area contributed by atoms with Crippen molar-refractivity contribution in [2.45, 2.75) is 25.7 Å². The molecule has 0 heterocycles. The van der Waals surface area contributed by atoms with Crippen molar-refractivity contribution in [3.05, 3.63) is 29.8 Å². The SMILES string of the molecule is O=C([O-])Cc1ccc(NC(=O)[C@@H]2[C@H]3CC[C@@H](C3)[C@@H]2C(=O)[O-])cc1. The first-order valence-electron chi connectivity index (χ1n) is 7.76. The summed E-state index contributed by atoms with van der Waals surface area (Å²) >= 11 is 0. The number of benzene rings is 1. The zero-order valence-corrected chi connectivity index (χ0v) is 12.5. The van der Waals surface area contributed by atoms with Gasteiger partial charge in [0.1, 0.15) is 0 Å². The molecule has 23 heavy (non-hydrogen) atoms. The van der Waals surface area contributed by atoms with Gasteiger partial charge in [0.15, 0.2) is 0 Å². The number of fused-ring (bicyclic) bond motifs is 2. The van der Waals surface area contributed by atoms with Crippen LogP contribution in [0.15, 0.2) is 24.3 Å². The Kier molecular flexibility index (Phi) is 4.07. The molecule has 1 N–H and O–H groups in total. The second-order valence-corrected chi connectivity index (χ2v) is 6.44. The molecule has 1 aromatic rings. The Morgan fingerprint density at radius 1 is 1.00 bits per heavy atom. The number of rotatable bonds is 5. The molecular formula is C17H17NO5-2. The van der Waals surface area contributed by atoms with Crippen molar-refractivity contribution in [3.8, 4) is 0 Å². The quantitative estimate of drug-likeness (QED) is 0.775. The van der Waals surface area contributed by atoms with Crippen molar-refractivity contribution in [2.24, 2.45) is 23.7 Å². The topological polar surface area (TPSA) is 109 Å². The minimum atomic E-state index is -1.17. The Bertz CT molecular complexity index is 639. The fraction of sp³-hybridized carbons (Fsp3) is 0.471. The van der Waals surface area contributed by atoms with Crippen LogP contribution in [0.2, 0.25) is 0 Å². The number of anilines is 1. The van der Waals surface area contributed by atoms with E-state index in [4.69, 9.17) is 0 Å². The fourth-order valence-electron chi connectivity index (χ4n) is 4.11. The third kappa shape index (κ3) is 3.06. The summed E-state index contributed by atoms with van der Waals surface area (Å²) in [5.74, 6) is -3.68. The maximum Gasteiger partial charge on any atom is 0.228 e. The Hall–Kier alpha value is -2.37. The van der Waals surface area contributed by atoms with Crippen LogP contribution in [0.3, 0.4) is 0 Å². The number of carboxylic acid groups (broad SMARTS) is 2. The van der Waals surface area contributed by atoms with Crippen LogP contribution in [0, 0.1) is 23.7 Å². The molecule has 2 fully saturated rings. The Morgan fingerprint density at radius 2 is 1.61 bits per heavy atom. The zero-order valence-electron chi connectivity index (χ0n) is 12.5. The van der Waals surface area contributed by atoms with Crippen molar-refractivity contribution in [1.82, 2.24) is 0 Å². The van der Waals surface area contributed by atoms with Crippen LogP contribution in [0.25, 0.3) is 0 Å². The van der Waals surface area contributed by atoms with Gasteiger partial charge in [-0.15, -0.1) is 0 Å². The van der Waals surface area contributed by atoms with Crippen LogP contribution >= 0.6 is 0 Å². The Morgan fingerprint density at radius 3 is 2.17 bits per heavy atom. The lowest BCUT2D eigenvalue weighted by molar-refractivity contribution is -0.314. The molecule has 0 saturated heterocycles. The molecule has 122 valence electrons. The van der Waals surface area contributed by atoms with E-state index in [0.29, 0.717) is 11.3 Å². The largest absolute Gasteiger partial charge is 0.550 e. The van der Waals surface area contributed by atoms with Gasteiger partial charge in [0.05, 0.1) is 0 Å². The van der Waals surface area contributed by atoms with Gasteiger partial charge in [0.2, 0.25) is 5.91 Å². The van der Waals surface area contributed by atoms with Gasteiger partial charge in [-0.3, -0.25) is 4.79 Å². The van der Waals surface area contributed by atoms with Gasteiger partial charge in [-0.05, 0) is 48.8 Å². The molecule has 2 saturated carbocycles. The normalized spacial score (nSPS) is 28.5. The summed E-state index contributed by atoms with van der Waals surface area (Å²) in [6, 6.07) is 6.42. The second kappa shape index (κ2) is 6.02. The van der Waals surface area contributed by atoms with E-state index in [1.165, 1.54) is 0 Å². The van der Waals surface area contributed by atoms with Gasteiger partial charge in [0.25, 0.3) is 0 Å². The molecule has 6 heteroatoms. The standard InChI is InChI=1S/C17H19NO5/c19-13(20)7-9-1-5-12(6-2-9)18-16(21)14-10-3-4-11(8-10)15(14)17(22)23/h1-2,5-6,10-11,14-15H,3-4,7-8H2,(H,18,21)(H,19,20)(H,22,23)/p-2/t10-,11-,14+,15-/m0/s1. The van der Waals surface area contributed by atoms with E-state index in [9.17, 15) is 24.6 Å². The summed E-state index contributed by atoms with van der Waals surface area (Å²) in [6.45, 7) is 0. The van der Waals surface area contributed by atoms with Crippen LogP contribution in [0.5, 0.6) is 0 Å². The average Bonchev–Trinajstić information content (AvgIpc) is 3.09. The van der Waals surface area contributed by atoms with Crippen LogP contribution in [0.4, 0.5) is 5.69 Å². The Balaban J connectivity index is 1.69. The lowest BCUT2D eigenvalue weighted by atomic mass is 9.78. The number of aliphatic carboxylic acids is 2. The van der Waals surface area contributed by atoms with E-state index < -0.39 is 23.8 Å². The van der Waals surface area contributed by atoms with Gasteiger partial charge in [-0.1, -0.05) is 12.1 Å². The van der Waals surface area contributed by atoms with Crippen molar-refractivity contribution < 1.29 is 24.6 Å². The highest BCUT2D eigenvalue weighted by Crippen LogP contribution is 2.52. The lowest BCUT2D eigenvalue weighted by Crippen LogP contribution is -2.43. The van der Waals surface area contributed by atoms with Gasteiger partial charge in [-0.2, -0.15) is 0 Å². The van der Waals surface area contributed by atoms with Gasteiger partial charge < -0.3 is 25.1 Å². The van der Waals surface area contributed by atoms with Crippen molar-refractivity contribution in [3.63, 3.8) is 0 Å². The molecule has 2 aliphatic rings. The molecule has 0 unspecified atom stereocenters. The number of amides is 1. The molecule has 6 nitrogen and oxygen atoms in total. The lowest BCUT2D eigenvalue weighted by Gasteiger charge is -2.30. The molecule has 1 amide bonds. The summed E-state index contributed by atoms with van der Waals surface area (Å²) < 4.78 is 0. The molecule has 2 bridgehead atoms. The van der Waals surface area contributed by atoms with Crippen LogP contribution in [-0.2, 0) is 20.8 Å². The van der Waals surface area contributed by atoms with Gasteiger partial charge in [0, 0.05) is 35.9 Å². The first-order valence-corrected chi connectivity index (χ1v) is 7.76. The number of hydrogen-bond acceptors (Lipinski definition) is 5. The monoisotopic (exact) mass is 315 g/mol. The minimum Gasteiger partial charge on any atom is -0.550 e. The van der Waals surface area contributed by atoms with Crippen molar-refractivity contribution in [1.29, 1.82) is 0 Å². The number of carbonyl (C=O) groups excluding carboxylic acids is 3. The zero-order chi connectivity index (χ0) is 16.6. The van der Waals surface area contributed by atoms with Gasteiger partial charge in [-0.25, -0.2) is 0 Å². The summed E-state index contributed by atoms with van der Waals surface area (Å²) in [7, 11) is 0. The maximum absolute atomic E-state index is 12.5. The van der Waals surface area contributed by atoms with E-state index in [-0.39, 0.29) is 24.2 Å². The van der Waals surface area contributed by atoms with Crippen LogP contribution < -0.4 is 15.5 Å². The maximum atomic E-state index is 12.5. The Labute approximate surface area is 133 Å². The molecule has 1 aromatic carbocycles.